The van der Waals surface area contributed by atoms with Gasteiger partial charge in [-0.25, -0.2) is 0 Å². The zero-order valence-electron chi connectivity index (χ0n) is 7.09. The SMILES string of the molecule is CC12C=CC(C)(C1)C(C#N)C2. The molecule has 0 radical (unpaired) electrons. The first-order valence-corrected chi connectivity index (χ1v) is 4.18. The van der Waals surface area contributed by atoms with Crippen LogP contribution in [0.2, 0.25) is 0 Å². The standard InChI is InChI=1S/C10H13N/c1-9-3-4-10(2,7-9)8(5-9)6-11/h3-4,8H,5,7H2,1-2H3. The van der Waals surface area contributed by atoms with E-state index >= 15 is 0 Å². The van der Waals surface area contributed by atoms with E-state index in [9.17, 15) is 0 Å². The molecule has 0 spiro atoms. The minimum absolute atomic E-state index is 0.198. The molecule has 0 aromatic rings. The van der Waals surface area contributed by atoms with Crippen LogP contribution in [0.25, 0.3) is 0 Å². The van der Waals surface area contributed by atoms with Crippen molar-refractivity contribution in [1.82, 2.24) is 0 Å². The lowest BCUT2D eigenvalue weighted by molar-refractivity contribution is 0.375. The molecule has 0 aromatic heterocycles. The summed E-state index contributed by atoms with van der Waals surface area (Å²) in [5, 5.41) is 8.88. The predicted octanol–water partition coefficient (Wildman–Crippen LogP) is 2.50. The van der Waals surface area contributed by atoms with E-state index < -0.39 is 0 Å². The molecule has 2 bridgehead atoms. The van der Waals surface area contributed by atoms with E-state index in [1.165, 1.54) is 6.42 Å². The van der Waals surface area contributed by atoms with Gasteiger partial charge in [0.25, 0.3) is 0 Å². The first-order valence-electron chi connectivity index (χ1n) is 4.18. The number of nitrogens with zero attached hydrogens (tertiary/aromatic N) is 1. The molecule has 2 rings (SSSR count). The molecule has 2 aliphatic carbocycles. The number of hydrogen-bond acceptors (Lipinski definition) is 1. The van der Waals surface area contributed by atoms with Gasteiger partial charge >= 0.3 is 0 Å². The number of allylic oxidation sites excluding steroid dienone is 2. The van der Waals surface area contributed by atoms with E-state index in [0.717, 1.165) is 6.42 Å². The Morgan fingerprint density at radius 3 is 2.45 bits per heavy atom. The average molecular weight is 147 g/mol. The molecular weight excluding hydrogens is 134 g/mol. The molecule has 0 heterocycles. The van der Waals surface area contributed by atoms with Gasteiger partial charge in [0.05, 0.1) is 12.0 Å². The molecule has 1 saturated carbocycles. The van der Waals surface area contributed by atoms with Crippen molar-refractivity contribution in [2.75, 3.05) is 0 Å². The van der Waals surface area contributed by atoms with Crippen LogP contribution in [-0.4, -0.2) is 0 Å². The molecule has 2 aliphatic rings. The Kier molecular flexibility index (Phi) is 1.06. The highest BCUT2D eigenvalue weighted by Crippen LogP contribution is 2.59. The van der Waals surface area contributed by atoms with Crippen LogP contribution in [0.3, 0.4) is 0 Å². The third-order valence-electron chi connectivity index (χ3n) is 3.27. The van der Waals surface area contributed by atoms with Crippen LogP contribution in [0.15, 0.2) is 12.2 Å². The molecule has 0 N–H and O–H groups in total. The lowest BCUT2D eigenvalue weighted by Crippen LogP contribution is -2.16. The van der Waals surface area contributed by atoms with Gasteiger partial charge in [-0.3, -0.25) is 0 Å². The van der Waals surface area contributed by atoms with Crippen molar-refractivity contribution in [1.29, 1.82) is 5.26 Å². The van der Waals surface area contributed by atoms with Gasteiger partial charge in [-0.05, 0) is 18.3 Å². The van der Waals surface area contributed by atoms with Crippen LogP contribution in [-0.2, 0) is 0 Å². The van der Waals surface area contributed by atoms with Crippen LogP contribution in [0.1, 0.15) is 26.7 Å². The first-order chi connectivity index (χ1) is 5.08. The minimum Gasteiger partial charge on any atom is -0.198 e. The van der Waals surface area contributed by atoms with Gasteiger partial charge in [0.1, 0.15) is 0 Å². The Labute approximate surface area is 67.7 Å². The van der Waals surface area contributed by atoms with Gasteiger partial charge in [-0.15, -0.1) is 0 Å². The minimum atomic E-state index is 0.198. The van der Waals surface area contributed by atoms with E-state index in [4.69, 9.17) is 5.26 Å². The van der Waals surface area contributed by atoms with Gasteiger partial charge in [-0.2, -0.15) is 5.26 Å². The van der Waals surface area contributed by atoms with Crippen LogP contribution < -0.4 is 0 Å². The van der Waals surface area contributed by atoms with E-state index in [1.807, 2.05) is 0 Å². The van der Waals surface area contributed by atoms with E-state index in [2.05, 4.69) is 32.1 Å². The third kappa shape index (κ3) is 0.758. The van der Waals surface area contributed by atoms with Crippen LogP contribution in [0.5, 0.6) is 0 Å². The molecule has 0 saturated heterocycles. The maximum Gasteiger partial charge on any atom is 0.0665 e. The van der Waals surface area contributed by atoms with Crippen molar-refractivity contribution in [2.24, 2.45) is 16.7 Å². The number of rotatable bonds is 0. The first kappa shape index (κ1) is 6.91. The molecule has 58 valence electrons. The van der Waals surface area contributed by atoms with Crippen LogP contribution >= 0.6 is 0 Å². The Balaban J connectivity index is 2.39. The normalized spacial score (nSPS) is 53.0. The Hall–Kier alpha value is -0.770. The summed E-state index contributed by atoms with van der Waals surface area (Å²) in [5.74, 6) is 0.262. The van der Waals surface area contributed by atoms with Crippen molar-refractivity contribution in [3.8, 4) is 6.07 Å². The van der Waals surface area contributed by atoms with Crippen LogP contribution in [0.4, 0.5) is 0 Å². The zero-order valence-corrected chi connectivity index (χ0v) is 7.09. The van der Waals surface area contributed by atoms with Gasteiger partial charge in [0.2, 0.25) is 0 Å². The fourth-order valence-electron chi connectivity index (χ4n) is 2.65. The molecule has 1 heteroatoms. The number of hydrogen-bond donors (Lipinski definition) is 0. The second kappa shape index (κ2) is 1.69. The summed E-state index contributed by atoms with van der Waals surface area (Å²) < 4.78 is 0. The summed E-state index contributed by atoms with van der Waals surface area (Å²) in [4.78, 5) is 0. The highest BCUT2D eigenvalue weighted by atomic mass is 14.6. The van der Waals surface area contributed by atoms with Gasteiger partial charge in [-0.1, -0.05) is 26.0 Å². The average Bonchev–Trinajstić information content (AvgIpc) is 2.36. The highest BCUT2D eigenvalue weighted by Gasteiger charge is 2.51. The second-order valence-corrected chi connectivity index (χ2v) is 4.56. The van der Waals surface area contributed by atoms with E-state index in [0.29, 0.717) is 5.41 Å². The van der Waals surface area contributed by atoms with E-state index in [1.54, 1.807) is 0 Å². The summed E-state index contributed by atoms with van der Waals surface area (Å²) in [7, 11) is 0. The van der Waals surface area contributed by atoms with Crippen LogP contribution in [0, 0.1) is 28.1 Å². The van der Waals surface area contributed by atoms with Crippen molar-refractivity contribution < 1.29 is 0 Å². The van der Waals surface area contributed by atoms with Gasteiger partial charge < -0.3 is 0 Å². The summed E-state index contributed by atoms with van der Waals surface area (Å²) in [6.45, 7) is 4.46. The largest absolute Gasteiger partial charge is 0.198 e. The highest BCUT2D eigenvalue weighted by molar-refractivity contribution is 5.25. The monoisotopic (exact) mass is 147 g/mol. The summed E-state index contributed by atoms with van der Waals surface area (Å²) in [6, 6.07) is 2.41. The fourth-order valence-corrected chi connectivity index (χ4v) is 2.65. The topological polar surface area (TPSA) is 23.8 Å². The molecule has 3 atom stereocenters. The van der Waals surface area contributed by atoms with E-state index in [-0.39, 0.29) is 11.3 Å². The Morgan fingerprint density at radius 2 is 2.18 bits per heavy atom. The zero-order chi connectivity index (χ0) is 8.11. The Morgan fingerprint density at radius 1 is 1.45 bits per heavy atom. The Bertz CT molecular complexity index is 261. The lowest BCUT2D eigenvalue weighted by Gasteiger charge is -2.21. The number of fused-ring (bicyclic) bond motifs is 2. The predicted molar refractivity (Wildman–Crippen MR) is 43.7 cm³/mol. The quantitative estimate of drug-likeness (QED) is 0.483. The van der Waals surface area contributed by atoms with Gasteiger partial charge in [0, 0.05) is 5.41 Å². The van der Waals surface area contributed by atoms with Gasteiger partial charge in [0.15, 0.2) is 0 Å². The maximum atomic E-state index is 8.88. The molecule has 0 amide bonds. The second-order valence-electron chi connectivity index (χ2n) is 4.56. The summed E-state index contributed by atoms with van der Waals surface area (Å²) in [5.41, 5.74) is 0.540. The third-order valence-corrected chi connectivity index (χ3v) is 3.27. The molecule has 1 nitrogen and oxygen atoms in total. The molecule has 11 heavy (non-hydrogen) atoms. The smallest absolute Gasteiger partial charge is 0.0665 e. The lowest BCUT2D eigenvalue weighted by atomic mass is 9.80. The van der Waals surface area contributed by atoms with Crippen molar-refractivity contribution in [2.45, 2.75) is 26.7 Å². The molecule has 3 unspecified atom stereocenters. The number of nitriles is 1. The van der Waals surface area contributed by atoms with Crippen molar-refractivity contribution >= 4 is 0 Å². The fraction of sp³-hybridized carbons (Fsp3) is 0.700. The summed E-state index contributed by atoms with van der Waals surface area (Å²) >= 11 is 0. The molecule has 0 aliphatic heterocycles. The van der Waals surface area contributed by atoms with Crippen molar-refractivity contribution in [3.63, 3.8) is 0 Å². The van der Waals surface area contributed by atoms with Crippen molar-refractivity contribution in [3.05, 3.63) is 12.2 Å². The summed E-state index contributed by atoms with van der Waals surface area (Å²) in [6.07, 6.45) is 6.78. The maximum absolute atomic E-state index is 8.88. The molecule has 1 fully saturated rings. The molecular formula is C10H13N. The molecule has 0 aromatic carbocycles.